The summed E-state index contributed by atoms with van der Waals surface area (Å²) in [5.74, 6) is 1.66. The molecule has 0 saturated carbocycles. The van der Waals surface area contributed by atoms with Gasteiger partial charge in [-0.05, 0) is 124 Å². The summed E-state index contributed by atoms with van der Waals surface area (Å²) in [6.45, 7) is 8.73. The molecule has 0 bridgehead atoms. The molecule has 3 heterocycles. The van der Waals surface area contributed by atoms with E-state index in [1.165, 1.54) is 11.4 Å². The molecule has 0 aliphatic heterocycles. The number of halogens is 2. The Morgan fingerprint density at radius 2 is 1.35 bits per heavy atom. The lowest BCUT2D eigenvalue weighted by Crippen LogP contribution is -2.16. The second-order valence-corrected chi connectivity index (χ2v) is 12.2. The fraction of sp³-hybridized carbons (Fsp3) is 0.158. The van der Waals surface area contributed by atoms with E-state index in [1.54, 1.807) is 30.5 Å². The number of hydrogen-bond acceptors (Lipinski definition) is 5. The largest absolute Gasteiger partial charge is 0.489 e. The van der Waals surface area contributed by atoms with E-state index in [9.17, 15) is 4.79 Å². The lowest BCUT2D eigenvalue weighted by atomic mass is 10.2. The van der Waals surface area contributed by atoms with Crippen molar-refractivity contribution in [2.45, 2.75) is 40.9 Å². The molecular weight excluding hydrogens is 647 g/mol. The van der Waals surface area contributed by atoms with Crippen molar-refractivity contribution in [1.29, 1.82) is 0 Å². The predicted octanol–water partition coefficient (Wildman–Crippen LogP) is 9.32. The first-order valence-corrected chi connectivity index (χ1v) is 16.1. The highest BCUT2D eigenvalue weighted by Crippen LogP contribution is 2.26. The molecule has 6 aromatic rings. The minimum Gasteiger partial charge on any atom is -0.489 e. The van der Waals surface area contributed by atoms with E-state index < -0.39 is 5.91 Å². The Kier molecular flexibility index (Phi) is 9.75. The molecule has 48 heavy (non-hydrogen) atoms. The molecule has 0 unspecified atom stereocenters. The van der Waals surface area contributed by atoms with Crippen LogP contribution >= 0.6 is 23.2 Å². The van der Waals surface area contributed by atoms with Crippen LogP contribution in [0.15, 0.2) is 107 Å². The summed E-state index contributed by atoms with van der Waals surface area (Å²) in [4.78, 5) is 12.7. The number of nitrogens with zero attached hydrogens (tertiary/aromatic N) is 3. The van der Waals surface area contributed by atoms with Gasteiger partial charge in [-0.3, -0.25) is 4.79 Å². The van der Waals surface area contributed by atoms with Gasteiger partial charge in [-0.1, -0.05) is 29.3 Å². The second-order valence-electron chi connectivity index (χ2n) is 11.4. The molecule has 3 aromatic carbocycles. The maximum atomic E-state index is 12.7. The van der Waals surface area contributed by atoms with Gasteiger partial charge in [0.1, 0.15) is 30.5 Å². The van der Waals surface area contributed by atoms with Crippen LogP contribution in [0.3, 0.4) is 0 Å². The molecule has 244 valence electrons. The van der Waals surface area contributed by atoms with Gasteiger partial charge in [0, 0.05) is 39.7 Å². The van der Waals surface area contributed by atoms with E-state index in [-0.39, 0.29) is 12.4 Å². The monoisotopic (exact) mass is 680 g/mol. The summed E-state index contributed by atoms with van der Waals surface area (Å²) in [7, 11) is 0. The highest BCUT2D eigenvalue weighted by molar-refractivity contribution is 6.42. The number of furan rings is 1. The molecule has 6 rings (SSSR count). The summed E-state index contributed by atoms with van der Waals surface area (Å²) in [5.41, 5.74) is 10.7. The Balaban J connectivity index is 1.02. The van der Waals surface area contributed by atoms with Crippen molar-refractivity contribution in [2.75, 3.05) is 0 Å². The van der Waals surface area contributed by atoms with E-state index in [1.807, 2.05) is 74.5 Å². The Hall–Kier alpha value is -5.18. The normalized spacial score (nSPS) is 11.3. The minimum atomic E-state index is -0.454. The molecule has 0 radical (unpaired) electrons. The third kappa shape index (κ3) is 7.35. The molecular formula is C38H34Cl2N4O4. The van der Waals surface area contributed by atoms with Crippen LogP contribution in [0.4, 0.5) is 0 Å². The van der Waals surface area contributed by atoms with E-state index in [0.717, 1.165) is 39.6 Å². The van der Waals surface area contributed by atoms with Crippen LogP contribution in [0.2, 0.25) is 10.0 Å². The van der Waals surface area contributed by atoms with Gasteiger partial charge in [0.2, 0.25) is 0 Å². The molecule has 0 saturated heterocycles. The summed E-state index contributed by atoms with van der Waals surface area (Å²) < 4.78 is 21.8. The van der Waals surface area contributed by atoms with Crippen molar-refractivity contribution in [1.82, 2.24) is 14.6 Å². The van der Waals surface area contributed by atoms with E-state index in [0.29, 0.717) is 28.2 Å². The number of carbonyl (C=O) groups is 1. The Morgan fingerprint density at radius 3 is 2.00 bits per heavy atom. The maximum Gasteiger partial charge on any atom is 0.307 e. The molecule has 0 aliphatic carbocycles. The van der Waals surface area contributed by atoms with E-state index in [2.05, 4.69) is 45.6 Å². The quantitative estimate of drug-likeness (QED) is 0.109. The maximum absolute atomic E-state index is 12.7. The van der Waals surface area contributed by atoms with Crippen LogP contribution in [0.25, 0.3) is 11.4 Å². The van der Waals surface area contributed by atoms with Gasteiger partial charge in [0.25, 0.3) is 0 Å². The molecule has 0 atom stereocenters. The van der Waals surface area contributed by atoms with Crippen molar-refractivity contribution in [3.8, 4) is 22.9 Å². The van der Waals surface area contributed by atoms with Crippen LogP contribution in [0.5, 0.6) is 11.5 Å². The number of ether oxygens (including phenoxy) is 2. The zero-order chi connectivity index (χ0) is 33.8. The smallest absolute Gasteiger partial charge is 0.307 e. The topological polar surface area (TPSA) is 82.9 Å². The fourth-order valence-electron chi connectivity index (χ4n) is 5.52. The van der Waals surface area contributed by atoms with Crippen molar-refractivity contribution in [3.05, 3.63) is 153 Å². The fourth-order valence-corrected chi connectivity index (χ4v) is 5.84. The highest BCUT2D eigenvalue weighted by Gasteiger charge is 2.13. The number of carbonyl (C=O) groups excluding carboxylic acids is 1. The standard InChI is InChI=1S/C38H34Cl2N4O4/c1-24-5-6-25(2)43(24)30-8-12-33(13-9-30)47-23-34-16-18-37(48-34)38(45)42-41-21-29-19-26(3)44(27(29)4)31-10-14-32(15-11-31)46-22-28-7-17-35(39)36(40)20-28/h5-21H,22-23H2,1-4H3,(H,42,45)/b41-21+. The van der Waals surface area contributed by atoms with Crippen molar-refractivity contribution < 1.29 is 18.7 Å². The van der Waals surface area contributed by atoms with Gasteiger partial charge < -0.3 is 23.0 Å². The SMILES string of the molecule is Cc1ccc(C)n1-c1ccc(OCc2ccc(C(=O)N/N=C/c3cc(C)n(-c4ccc(OCc5ccc(Cl)c(Cl)c5)cc4)c3C)o2)cc1. The number of hydrazone groups is 1. The van der Waals surface area contributed by atoms with Crippen molar-refractivity contribution in [2.24, 2.45) is 5.10 Å². The average Bonchev–Trinajstić information content (AvgIpc) is 3.77. The van der Waals surface area contributed by atoms with Crippen LogP contribution in [-0.2, 0) is 13.2 Å². The summed E-state index contributed by atoms with van der Waals surface area (Å²) >= 11 is 12.1. The number of nitrogens with one attached hydrogen (secondary N) is 1. The number of amides is 1. The Bertz CT molecular complexity index is 2070. The lowest BCUT2D eigenvalue weighted by molar-refractivity contribution is 0.0923. The number of hydrogen-bond donors (Lipinski definition) is 1. The highest BCUT2D eigenvalue weighted by atomic mass is 35.5. The zero-order valence-electron chi connectivity index (χ0n) is 27.0. The van der Waals surface area contributed by atoms with Crippen molar-refractivity contribution >= 4 is 35.3 Å². The van der Waals surface area contributed by atoms with Gasteiger partial charge in [-0.2, -0.15) is 5.10 Å². The van der Waals surface area contributed by atoms with Crippen LogP contribution < -0.4 is 14.9 Å². The molecule has 8 nitrogen and oxygen atoms in total. The number of aromatic nitrogens is 2. The predicted molar refractivity (Wildman–Crippen MR) is 189 cm³/mol. The number of benzene rings is 3. The lowest BCUT2D eigenvalue weighted by Gasteiger charge is -2.12. The van der Waals surface area contributed by atoms with E-state index >= 15 is 0 Å². The summed E-state index contributed by atoms with van der Waals surface area (Å²) in [5, 5.41) is 5.19. The molecule has 10 heteroatoms. The molecule has 1 amide bonds. The summed E-state index contributed by atoms with van der Waals surface area (Å²) in [6.07, 6.45) is 1.62. The van der Waals surface area contributed by atoms with Crippen LogP contribution in [0, 0.1) is 27.7 Å². The zero-order valence-corrected chi connectivity index (χ0v) is 28.5. The summed E-state index contributed by atoms with van der Waals surface area (Å²) in [6, 6.07) is 30.6. The molecule has 1 N–H and O–H groups in total. The Labute approximate surface area is 289 Å². The third-order valence-electron chi connectivity index (χ3n) is 7.96. The first-order chi connectivity index (χ1) is 23.2. The van der Waals surface area contributed by atoms with Gasteiger partial charge in [0.05, 0.1) is 16.3 Å². The molecule has 0 aliphatic rings. The number of rotatable bonds is 11. The van der Waals surface area contributed by atoms with E-state index in [4.69, 9.17) is 37.1 Å². The van der Waals surface area contributed by atoms with Gasteiger partial charge in [0.15, 0.2) is 5.76 Å². The van der Waals surface area contributed by atoms with Gasteiger partial charge >= 0.3 is 5.91 Å². The average molecular weight is 682 g/mol. The van der Waals surface area contributed by atoms with Gasteiger partial charge in [-0.15, -0.1) is 0 Å². The Morgan fingerprint density at radius 1 is 0.729 bits per heavy atom. The van der Waals surface area contributed by atoms with Gasteiger partial charge in [-0.25, -0.2) is 5.43 Å². The molecule has 0 fully saturated rings. The number of aryl methyl sites for hydroxylation is 3. The van der Waals surface area contributed by atoms with Crippen molar-refractivity contribution in [3.63, 3.8) is 0 Å². The molecule has 0 spiro atoms. The third-order valence-corrected chi connectivity index (χ3v) is 8.70. The second kappa shape index (κ2) is 14.3. The first kappa shape index (κ1) is 32.7. The minimum absolute atomic E-state index is 0.145. The molecule has 3 aromatic heterocycles. The van der Waals surface area contributed by atoms with Crippen LogP contribution in [0.1, 0.15) is 50.2 Å². The van der Waals surface area contributed by atoms with Crippen LogP contribution in [-0.4, -0.2) is 21.3 Å². The first-order valence-electron chi connectivity index (χ1n) is 15.3.